The Labute approximate surface area is 149 Å². The predicted octanol–water partition coefficient (Wildman–Crippen LogP) is 5.83. The molecule has 1 aliphatic heterocycles. The van der Waals surface area contributed by atoms with E-state index in [1.807, 2.05) is 25.1 Å². The molecule has 0 aromatic heterocycles. The minimum Gasteiger partial charge on any atom is -0.454 e. The fourth-order valence-corrected chi connectivity index (χ4v) is 4.51. The Bertz CT molecular complexity index is 700. The van der Waals surface area contributed by atoms with Crippen molar-refractivity contribution in [1.29, 1.82) is 0 Å². The second kappa shape index (κ2) is 6.30. The van der Waals surface area contributed by atoms with Gasteiger partial charge in [0.05, 0.1) is 5.56 Å². The van der Waals surface area contributed by atoms with E-state index in [0.29, 0.717) is 5.56 Å². The molecule has 1 heterocycles. The quantitative estimate of drug-likeness (QED) is 0.413. The van der Waals surface area contributed by atoms with Gasteiger partial charge in [0.15, 0.2) is 0 Å². The Balaban J connectivity index is 2.04. The lowest BCUT2D eigenvalue weighted by Crippen LogP contribution is -1.96. The third-order valence-corrected chi connectivity index (χ3v) is 5.53. The van der Waals surface area contributed by atoms with E-state index in [1.165, 1.54) is 0 Å². The van der Waals surface area contributed by atoms with Crippen molar-refractivity contribution in [2.75, 3.05) is 0 Å². The minimum absolute atomic E-state index is 0.123. The molecule has 0 saturated carbocycles. The summed E-state index contributed by atoms with van der Waals surface area (Å²) in [5.74, 6) is -0.201. The molecule has 0 radical (unpaired) electrons. The zero-order valence-electron chi connectivity index (χ0n) is 11.2. The lowest BCUT2D eigenvalue weighted by Gasteiger charge is -2.12. The van der Waals surface area contributed by atoms with Crippen molar-refractivity contribution in [3.8, 4) is 0 Å². The van der Waals surface area contributed by atoms with Crippen LogP contribution in [0.4, 0.5) is 0 Å². The number of carbonyl (C=O) groups excluding carboxylic acids is 1. The molecule has 0 N–H and O–H groups in total. The highest BCUT2D eigenvalue weighted by molar-refractivity contribution is 14.1. The van der Waals surface area contributed by atoms with Crippen LogP contribution in [-0.4, -0.2) is 5.97 Å². The first-order valence-electron chi connectivity index (χ1n) is 6.56. The maximum Gasteiger partial charge on any atom is 0.339 e. The highest BCUT2D eigenvalue weighted by Gasteiger charge is 2.32. The molecule has 1 atom stereocenters. The zero-order chi connectivity index (χ0) is 15.0. The van der Waals surface area contributed by atoms with Crippen molar-refractivity contribution < 1.29 is 9.53 Å². The lowest BCUT2D eigenvalue weighted by molar-refractivity contribution is 0.0375. The predicted molar refractivity (Wildman–Crippen MR) is 95.9 cm³/mol. The first-order chi connectivity index (χ1) is 10.1. The summed E-state index contributed by atoms with van der Waals surface area (Å²) in [7, 11) is 0. The summed E-state index contributed by atoms with van der Waals surface area (Å²) >= 11 is 7.37. The number of ether oxygens (including phenoxy) is 1. The molecule has 0 aliphatic carbocycles. The van der Waals surface area contributed by atoms with Crippen LogP contribution in [-0.2, 0) is 4.74 Å². The van der Waals surface area contributed by atoms with Crippen LogP contribution < -0.4 is 0 Å². The Kier molecular flexibility index (Phi) is 4.61. The van der Waals surface area contributed by atoms with Crippen LogP contribution in [0.5, 0.6) is 0 Å². The number of hydrogen-bond acceptors (Lipinski definition) is 3. The molecule has 2 aromatic rings. The van der Waals surface area contributed by atoms with Gasteiger partial charge in [0.1, 0.15) is 6.10 Å². The molecular weight excluding hydrogens is 463 g/mol. The van der Waals surface area contributed by atoms with Crippen molar-refractivity contribution in [2.24, 2.45) is 0 Å². The molecule has 2 aromatic carbocycles. The summed E-state index contributed by atoms with van der Waals surface area (Å²) in [4.78, 5) is 14.3. The summed E-state index contributed by atoms with van der Waals surface area (Å²) in [6, 6.07) is 12.2. The summed E-state index contributed by atoms with van der Waals surface area (Å²) in [5.41, 5.74) is 1.75. The molecule has 0 amide bonds. The van der Waals surface area contributed by atoms with Crippen molar-refractivity contribution >= 4 is 56.3 Å². The van der Waals surface area contributed by atoms with E-state index in [0.717, 1.165) is 29.8 Å². The van der Waals surface area contributed by atoms with E-state index < -0.39 is 0 Å². The summed E-state index contributed by atoms with van der Waals surface area (Å²) in [6.07, 6.45) is 0.676. The number of fused-ring (bicyclic) bond motifs is 1. The Morgan fingerprint density at radius 3 is 2.67 bits per heavy atom. The first kappa shape index (κ1) is 15.4. The maximum absolute atomic E-state index is 12.0. The number of carbonyl (C=O) groups is 1. The van der Waals surface area contributed by atoms with Crippen LogP contribution in [0, 0.1) is 3.57 Å². The Hall–Kier alpha value is -0.530. The van der Waals surface area contributed by atoms with Gasteiger partial charge >= 0.3 is 5.97 Å². The van der Waals surface area contributed by atoms with Gasteiger partial charge < -0.3 is 4.74 Å². The standard InChI is InChI=1S/C16H12BrIO2S/c1-2-13-15-12(16(19)20-13)7-10(18)8-14(15)21-11-5-3-9(17)4-6-11/h3-8,13H,2H2,1H3. The third kappa shape index (κ3) is 3.14. The third-order valence-electron chi connectivity index (χ3n) is 3.31. The molecule has 0 fully saturated rings. The molecule has 0 spiro atoms. The normalized spacial score (nSPS) is 16.7. The van der Waals surface area contributed by atoms with Crippen LogP contribution in [0.1, 0.15) is 35.4 Å². The van der Waals surface area contributed by atoms with E-state index >= 15 is 0 Å². The number of hydrogen-bond donors (Lipinski definition) is 0. The fourth-order valence-electron chi connectivity index (χ4n) is 2.35. The van der Waals surface area contributed by atoms with E-state index in [9.17, 15) is 4.79 Å². The molecule has 21 heavy (non-hydrogen) atoms. The van der Waals surface area contributed by atoms with Gasteiger partial charge in [-0.3, -0.25) is 0 Å². The summed E-state index contributed by atoms with van der Waals surface area (Å²) < 4.78 is 7.59. The smallest absolute Gasteiger partial charge is 0.339 e. The van der Waals surface area contributed by atoms with Crippen molar-refractivity contribution in [2.45, 2.75) is 29.2 Å². The molecule has 3 rings (SSSR count). The molecular formula is C16H12BrIO2S. The van der Waals surface area contributed by atoms with Crippen LogP contribution in [0.25, 0.3) is 0 Å². The number of halogens is 2. The minimum atomic E-state index is -0.201. The summed E-state index contributed by atoms with van der Waals surface area (Å²) in [5, 5.41) is 0. The Morgan fingerprint density at radius 1 is 1.29 bits per heavy atom. The fraction of sp³-hybridized carbons (Fsp3) is 0.188. The van der Waals surface area contributed by atoms with Gasteiger partial charge in [0, 0.05) is 23.4 Å². The van der Waals surface area contributed by atoms with Gasteiger partial charge in [-0.05, 0) is 65.4 Å². The zero-order valence-corrected chi connectivity index (χ0v) is 15.8. The number of esters is 1. The summed E-state index contributed by atoms with van der Waals surface area (Å²) in [6.45, 7) is 2.04. The van der Waals surface area contributed by atoms with Crippen molar-refractivity contribution in [3.05, 3.63) is 55.6 Å². The number of rotatable bonds is 3. The van der Waals surface area contributed by atoms with Gasteiger partial charge in [-0.1, -0.05) is 34.6 Å². The van der Waals surface area contributed by atoms with Crippen LogP contribution >= 0.6 is 50.3 Å². The SMILES string of the molecule is CCC1OC(=O)c2cc(I)cc(Sc3ccc(Br)cc3)c21. The molecule has 0 bridgehead atoms. The van der Waals surface area contributed by atoms with Crippen LogP contribution in [0.2, 0.25) is 0 Å². The van der Waals surface area contributed by atoms with Gasteiger partial charge in [-0.25, -0.2) is 4.79 Å². The molecule has 1 unspecified atom stereocenters. The lowest BCUT2D eigenvalue weighted by atomic mass is 10.0. The second-order valence-corrected chi connectivity index (χ2v) is 8.00. The topological polar surface area (TPSA) is 26.3 Å². The monoisotopic (exact) mass is 474 g/mol. The largest absolute Gasteiger partial charge is 0.454 e. The average molecular weight is 475 g/mol. The van der Waals surface area contributed by atoms with E-state index in [4.69, 9.17) is 4.74 Å². The van der Waals surface area contributed by atoms with Crippen LogP contribution in [0.3, 0.4) is 0 Å². The average Bonchev–Trinajstić information content (AvgIpc) is 2.78. The highest BCUT2D eigenvalue weighted by atomic mass is 127. The van der Waals surface area contributed by atoms with E-state index in [2.05, 4.69) is 56.7 Å². The second-order valence-electron chi connectivity index (χ2n) is 4.72. The molecule has 2 nitrogen and oxygen atoms in total. The maximum atomic E-state index is 12.0. The van der Waals surface area contributed by atoms with Gasteiger partial charge in [0.2, 0.25) is 0 Å². The highest BCUT2D eigenvalue weighted by Crippen LogP contribution is 2.43. The molecule has 1 aliphatic rings. The number of cyclic esters (lactones) is 1. The number of benzene rings is 2. The van der Waals surface area contributed by atoms with Crippen molar-refractivity contribution in [3.63, 3.8) is 0 Å². The van der Waals surface area contributed by atoms with E-state index in [-0.39, 0.29) is 12.1 Å². The molecule has 0 saturated heterocycles. The van der Waals surface area contributed by atoms with Crippen molar-refractivity contribution in [1.82, 2.24) is 0 Å². The van der Waals surface area contributed by atoms with Gasteiger partial charge in [0.25, 0.3) is 0 Å². The van der Waals surface area contributed by atoms with Crippen LogP contribution in [0.15, 0.2) is 50.7 Å². The van der Waals surface area contributed by atoms with E-state index in [1.54, 1.807) is 11.8 Å². The molecule has 5 heteroatoms. The van der Waals surface area contributed by atoms with Gasteiger partial charge in [-0.15, -0.1) is 0 Å². The Morgan fingerprint density at radius 2 is 2.00 bits per heavy atom. The molecule has 108 valence electrons. The van der Waals surface area contributed by atoms with Gasteiger partial charge in [-0.2, -0.15) is 0 Å². The first-order valence-corrected chi connectivity index (χ1v) is 9.25.